The predicted molar refractivity (Wildman–Crippen MR) is 77.2 cm³/mol. The minimum atomic E-state index is -2.82. The van der Waals surface area contributed by atoms with Crippen molar-refractivity contribution in [1.29, 1.82) is 0 Å². The van der Waals surface area contributed by atoms with Crippen molar-refractivity contribution in [3.05, 3.63) is 29.8 Å². The first-order valence-electron chi connectivity index (χ1n) is 6.95. The van der Waals surface area contributed by atoms with Crippen LogP contribution in [0.1, 0.15) is 25.8 Å². The van der Waals surface area contributed by atoms with Crippen LogP contribution in [0.25, 0.3) is 0 Å². The highest BCUT2D eigenvalue weighted by Crippen LogP contribution is 2.15. The summed E-state index contributed by atoms with van der Waals surface area (Å²) in [5.41, 5.74) is 6.69. The standard InChI is InChI=1S/C15H22F2N2O2/c1-10(2)9-13(18)14(20)19-8-7-11-3-5-12(6-4-11)21-15(16)17/h3-6,10,13,15H,7-9,18H2,1-2H3,(H,19,20)/t13-/m0/s1. The monoisotopic (exact) mass is 300 g/mol. The molecule has 0 aliphatic carbocycles. The van der Waals surface area contributed by atoms with Gasteiger partial charge in [-0.3, -0.25) is 4.79 Å². The summed E-state index contributed by atoms with van der Waals surface area (Å²) in [5, 5.41) is 2.77. The second-order valence-corrected chi connectivity index (χ2v) is 5.30. The number of ether oxygens (including phenoxy) is 1. The fourth-order valence-corrected chi connectivity index (χ4v) is 1.91. The van der Waals surface area contributed by atoms with Crippen molar-refractivity contribution in [2.24, 2.45) is 11.7 Å². The van der Waals surface area contributed by atoms with Crippen LogP contribution in [0.3, 0.4) is 0 Å². The van der Waals surface area contributed by atoms with Gasteiger partial charge in [-0.25, -0.2) is 0 Å². The lowest BCUT2D eigenvalue weighted by Gasteiger charge is -2.14. The summed E-state index contributed by atoms with van der Waals surface area (Å²) in [4.78, 5) is 11.7. The summed E-state index contributed by atoms with van der Waals surface area (Å²) in [6, 6.07) is 5.85. The zero-order chi connectivity index (χ0) is 15.8. The van der Waals surface area contributed by atoms with E-state index in [0.717, 1.165) is 5.56 Å². The van der Waals surface area contributed by atoms with Crippen LogP contribution < -0.4 is 15.8 Å². The first kappa shape index (κ1) is 17.4. The van der Waals surface area contributed by atoms with E-state index in [0.29, 0.717) is 25.3 Å². The Morgan fingerprint density at radius 3 is 2.43 bits per heavy atom. The molecule has 1 aromatic carbocycles. The van der Waals surface area contributed by atoms with Crippen LogP contribution in [-0.2, 0) is 11.2 Å². The van der Waals surface area contributed by atoms with Gasteiger partial charge in [-0.2, -0.15) is 8.78 Å². The highest BCUT2D eigenvalue weighted by molar-refractivity contribution is 5.81. The fraction of sp³-hybridized carbons (Fsp3) is 0.533. The van der Waals surface area contributed by atoms with E-state index in [-0.39, 0.29) is 11.7 Å². The van der Waals surface area contributed by atoms with Crippen LogP contribution in [0.4, 0.5) is 8.78 Å². The number of nitrogens with two attached hydrogens (primary N) is 1. The van der Waals surface area contributed by atoms with Crippen molar-refractivity contribution in [3.63, 3.8) is 0 Å². The third-order valence-corrected chi connectivity index (χ3v) is 2.92. The van der Waals surface area contributed by atoms with Gasteiger partial charge in [-0.1, -0.05) is 26.0 Å². The van der Waals surface area contributed by atoms with Crippen LogP contribution in [-0.4, -0.2) is 25.1 Å². The third kappa shape index (κ3) is 7.04. The van der Waals surface area contributed by atoms with Gasteiger partial charge >= 0.3 is 6.61 Å². The molecule has 1 rings (SSSR count). The Balaban J connectivity index is 2.33. The van der Waals surface area contributed by atoms with E-state index >= 15 is 0 Å². The highest BCUT2D eigenvalue weighted by atomic mass is 19.3. The molecule has 0 saturated carbocycles. The first-order valence-corrected chi connectivity index (χ1v) is 6.95. The maximum Gasteiger partial charge on any atom is 0.387 e. The summed E-state index contributed by atoms with van der Waals surface area (Å²) in [6.45, 7) is 1.66. The molecule has 118 valence electrons. The van der Waals surface area contributed by atoms with Gasteiger partial charge in [0.2, 0.25) is 5.91 Å². The molecule has 0 heterocycles. The number of hydrogen-bond acceptors (Lipinski definition) is 3. The SMILES string of the molecule is CC(C)C[C@H](N)C(=O)NCCc1ccc(OC(F)F)cc1. The van der Waals surface area contributed by atoms with Gasteiger partial charge in [-0.15, -0.1) is 0 Å². The summed E-state index contributed by atoms with van der Waals surface area (Å²) >= 11 is 0. The van der Waals surface area contributed by atoms with E-state index in [1.54, 1.807) is 12.1 Å². The van der Waals surface area contributed by atoms with Crippen molar-refractivity contribution in [2.75, 3.05) is 6.54 Å². The number of rotatable bonds is 8. The average molecular weight is 300 g/mol. The Labute approximate surface area is 123 Å². The Morgan fingerprint density at radius 2 is 1.90 bits per heavy atom. The number of carbonyl (C=O) groups is 1. The number of carbonyl (C=O) groups excluding carboxylic acids is 1. The molecule has 1 atom stereocenters. The van der Waals surface area contributed by atoms with Gasteiger partial charge in [0.1, 0.15) is 5.75 Å². The molecule has 4 nitrogen and oxygen atoms in total. The molecule has 21 heavy (non-hydrogen) atoms. The molecule has 6 heteroatoms. The van der Waals surface area contributed by atoms with Gasteiger partial charge < -0.3 is 15.8 Å². The number of alkyl halides is 2. The van der Waals surface area contributed by atoms with E-state index in [2.05, 4.69) is 10.1 Å². The number of benzene rings is 1. The molecule has 1 amide bonds. The molecule has 3 N–H and O–H groups in total. The number of amides is 1. The second-order valence-electron chi connectivity index (χ2n) is 5.30. The zero-order valence-corrected chi connectivity index (χ0v) is 12.3. The Morgan fingerprint density at radius 1 is 1.29 bits per heavy atom. The van der Waals surface area contributed by atoms with E-state index in [9.17, 15) is 13.6 Å². The minimum absolute atomic E-state index is 0.122. The van der Waals surface area contributed by atoms with Crippen LogP contribution in [0.5, 0.6) is 5.75 Å². The lowest BCUT2D eigenvalue weighted by atomic mass is 10.0. The number of halogens is 2. The van der Waals surface area contributed by atoms with Crippen LogP contribution in [0.2, 0.25) is 0 Å². The molecule has 0 aliphatic heterocycles. The zero-order valence-electron chi connectivity index (χ0n) is 12.3. The van der Waals surface area contributed by atoms with E-state index in [1.165, 1.54) is 12.1 Å². The average Bonchev–Trinajstić information content (AvgIpc) is 2.39. The molecule has 0 radical (unpaired) electrons. The van der Waals surface area contributed by atoms with E-state index in [1.807, 2.05) is 13.8 Å². The molecule has 0 unspecified atom stereocenters. The maximum absolute atomic E-state index is 12.0. The van der Waals surface area contributed by atoms with E-state index < -0.39 is 12.7 Å². The molecule has 0 spiro atoms. The molecule has 0 aromatic heterocycles. The summed E-state index contributed by atoms with van der Waals surface area (Å²) in [7, 11) is 0. The number of nitrogens with one attached hydrogen (secondary N) is 1. The molecule has 0 bridgehead atoms. The minimum Gasteiger partial charge on any atom is -0.435 e. The van der Waals surface area contributed by atoms with Gasteiger partial charge in [-0.05, 0) is 36.5 Å². The Hall–Kier alpha value is -1.69. The second kappa shape index (κ2) is 8.56. The van der Waals surface area contributed by atoms with Crippen molar-refractivity contribution in [3.8, 4) is 5.75 Å². The fourth-order valence-electron chi connectivity index (χ4n) is 1.91. The lowest BCUT2D eigenvalue weighted by Crippen LogP contribution is -2.42. The topological polar surface area (TPSA) is 64.4 Å². The molecule has 0 saturated heterocycles. The van der Waals surface area contributed by atoms with Crippen molar-refractivity contribution < 1.29 is 18.3 Å². The molecule has 0 aliphatic rings. The molecular formula is C15H22F2N2O2. The van der Waals surface area contributed by atoms with E-state index in [4.69, 9.17) is 5.73 Å². The molecular weight excluding hydrogens is 278 g/mol. The van der Waals surface area contributed by atoms with Gasteiger partial charge in [0.05, 0.1) is 6.04 Å². The Kier molecular flexibility index (Phi) is 7.08. The smallest absolute Gasteiger partial charge is 0.387 e. The molecule has 1 aromatic rings. The van der Waals surface area contributed by atoms with Crippen LogP contribution >= 0.6 is 0 Å². The summed E-state index contributed by atoms with van der Waals surface area (Å²) in [5.74, 6) is 0.325. The lowest BCUT2D eigenvalue weighted by molar-refractivity contribution is -0.122. The maximum atomic E-state index is 12.0. The summed E-state index contributed by atoms with van der Waals surface area (Å²) < 4.78 is 28.3. The third-order valence-electron chi connectivity index (χ3n) is 2.92. The van der Waals surface area contributed by atoms with Crippen molar-refractivity contribution in [2.45, 2.75) is 39.3 Å². The number of hydrogen-bond donors (Lipinski definition) is 2. The predicted octanol–water partition coefficient (Wildman–Crippen LogP) is 2.32. The van der Waals surface area contributed by atoms with Gasteiger partial charge in [0.25, 0.3) is 0 Å². The summed E-state index contributed by atoms with van der Waals surface area (Å²) in [6.07, 6.45) is 1.25. The normalized spacial score (nSPS) is 12.5. The van der Waals surface area contributed by atoms with Crippen LogP contribution in [0.15, 0.2) is 24.3 Å². The van der Waals surface area contributed by atoms with Crippen LogP contribution in [0, 0.1) is 5.92 Å². The van der Waals surface area contributed by atoms with Gasteiger partial charge in [0, 0.05) is 6.54 Å². The van der Waals surface area contributed by atoms with Crippen molar-refractivity contribution >= 4 is 5.91 Å². The highest BCUT2D eigenvalue weighted by Gasteiger charge is 2.14. The first-order chi connectivity index (χ1) is 9.88. The quantitative estimate of drug-likeness (QED) is 0.774. The van der Waals surface area contributed by atoms with Crippen molar-refractivity contribution in [1.82, 2.24) is 5.32 Å². The largest absolute Gasteiger partial charge is 0.435 e. The Bertz CT molecular complexity index is 436. The van der Waals surface area contributed by atoms with Gasteiger partial charge in [0.15, 0.2) is 0 Å². The molecule has 0 fully saturated rings.